The third-order valence-corrected chi connectivity index (χ3v) is 3.12. The SMILES string of the molecule is CCc1cccc2c(C(CO)NC)c[nH]c12. The topological polar surface area (TPSA) is 48.0 Å². The van der Waals surface area contributed by atoms with Crippen molar-refractivity contribution in [2.45, 2.75) is 19.4 Å². The molecule has 0 aliphatic rings. The molecule has 16 heavy (non-hydrogen) atoms. The van der Waals surface area contributed by atoms with Gasteiger partial charge in [-0.25, -0.2) is 0 Å². The van der Waals surface area contributed by atoms with Crippen molar-refractivity contribution in [2.75, 3.05) is 13.7 Å². The van der Waals surface area contributed by atoms with E-state index in [1.54, 1.807) is 0 Å². The van der Waals surface area contributed by atoms with Gasteiger partial charge in [0, 0.05) is 17.1 Å². The van der Waals surface area contributed by atoms with Crippen molar-refractivity contribution in [1.82, 2.24) is 10.3 Å². The molecule has 0 radical (unpaired) electrons. The molecule has 3 N–H and O–H groups in total. The van der Waals surface area contributed by atoms with Gasteiger partial charge in [-0.15, -0.1) is 0 Å². The summed E-state index contributed by atoms with van der Waals surface area (Å²) in [7, 11) is 1.86. The van der Waals surface area contributed by atoms with Crippen molar-refractivity contribution in [1.29, 1.82) is 0 Å². The van der Waals surface area contributed by atoms with E-state index in [0.29, 0.717) is 0 Å². The summed E-state index contributed by atoms with van der Waals surface area (Å²) in [5.41, 5.74) is 3.64. The third kappa shape index (κ3) is 1.72. The fourth-order valence-corrected chi connectivity index (χ4v) is 2.17. The number of para-hydroxylation sites is 1. The average molecular weight is 218 g/mol. The number of aliphatic hydroxyl groups excluding tert-OH is 1. The Morgan fingerprint density at radius 3 is 2.88 bits per heavy atom. The van der Waals surface area contributed by atoms with Gasteiger partial charge in [0.05, 0.1) is 12.6 Å². The van der Waals surface area contributed by atoms with Crippen molar-refractivity contribution < 1.29 is 5.11 Å². The maximum Gasteiger partial charge on any atom is 0.0627 e. The number of benzene rings is 1. The zero-order valence-electron chi connectivity index (χ0n) is 9.75. The summed E-state index contributed by atoms with van der Waals surface area (Å²) in [5.74, 6) is 0. The maximum atomic E-state index is 9.31. The molecule has 0 saturated heterocycles. The third-order valence-electron chi connectivity index (χ3n) is 3.12. The maximum absolute atomic E-state index is 9.31. The van der Waals surface area contributed by atoms with Crippen molar-refractivity contribution >= 4 is 10.9 Å². The van der Waals surface area contributed by atoms with Gasteiger partial charge in [-0.3, -0.25) is 0 Å². The van der Waals surface area contributed by atoms with Gasteiger partial charge in [-0.1, -0.05) is 25.1 Å². The van der Waals surface area contributed by atoms with Gasteiger partial charge in [0.25, 0.3) is 0 Å². The molecular formula is C13H18N2O. The number of aromatic nitrogens is 1. The van der Waals surface area contributed by atoms with E-state index in [1.807, 2.05) is 13.2 Å². The molecule has 2 rings (SSSR count). The predicted octanol–water partition coefficient (Wildman–Crippen LogP) is 1.98. The molecule has 0 fully saturated rings. The Hall–Kier alpha value is -1.32. The number of H-pyrrole nitrogens is 1. The van der Waals surface area contributed by atoms with Gasteiger partial charge in [0.2, 0.25) is 0 Å². The highest BCUT2D eigenvalue weighted by atomic mass is 16.3. The highest BCUT2D eigenvalue weighted by Crippen LogP contribution is 2.26. The highest BCUT2D eigenvalue weighted by molar-refractivity contribution is 5.86. The fraction of sp³-hybridized carbons (Fsp3) is 0.385. The van der Waals surface area contributed by atoms with E-state index in [4.69, 9.17) is 0 Å². The molecule has 86 valence electrons. The second-order valence-corrected chi connectivity index (χ2v) is 3.96. The van der Waals surface area contributed by atoms with Crippen LogP contribution in [0.5, 0.6) is 0 Å². The minimum absolute atomic E-state index is 0.000793. The van der Waals surface area contributed by atoms with Crippen LogP contribution < -0.4 is 5.32 Å². The Morgan fingerprint density at radius 1 is 1.44 bits per heavy atom. The molecule has 1 aromatic heterocycles. The number of hydrogen-bond acceptors (Lipinski definition) is 2. The van der Waals surface area contributed by atoms with E-state index in [2.05, 4.69) is 35.4 Å². The summed E-state index contributed by atoms with van der Waals surface area (Å²) in [6, 6.07) is 6.31. The minimum atomic E-state index is 0.000793. The zero-order valence-corrected chi connectivity index (χ0v) is 9.75. The van der Waals surface area contributed by atoms with Crippen molar-refractivity contribution in [3.63, 3.8) is 0 Å². The first-order chi connectivity index (χ1) is 7.81. The quantitative estimate of drug-likeness (QED) is 0.735. The number of likely N-dealkylation sites (N-methyl/N-ethyl adjacent to an activating group) is 1. The Balaban J connectivity index is 2.56. The lowest BCUT2D eigenvalue weighted by Gasteiger charge is -2.12. The van der Waals surface area contributed by atoms with E-state index in [1.165, 1.54) is 16.5 Å². The first kappa shape index (κ1) is 11.2. The summed E-state index contributed by atoms with van der Waals surface area (Å²) in [6.45, 7) is 2.26. The van der Waals surface area contributed by atoms with Crippen LogP contribution in [0.2, 0.25) is 0 Å². The number of aryl methyl sites for hydroxylation is 1. The highest BCUT2D eigenvalue weighted by Gasteiger charge is 2.13. The van der Waals surface area contributed by atoms with Crippen molar-refractivity contribution in [3.05, 3.63) is 35.5 Å². The van der Waals surface area contributed by atoms with Gasteiger partial charge >= 0.3 is 0 Å². The number of nitrogens with one attached hydrogen (secondary N) is 2. The van der Waals surface area contributed by atoms with Crippen LogP contribution >= 0.6 is 0 Å². The first-order valence-corrected chi connectivity index (χ1v) is 5.68. The largest absolute Gasteiger partial charge is 0.394 e. The normalized spacial score (nSPS) is 13.2. The molecule has 0 saturated carbocycles. The van der Waals surface area contributed by atoms with Crippen LogP contribution in [0, 0.1) is 0 Å². The van der Waals surface area contributed by atoms with Gasteiger partial charge < -0.3 is 15.4 Å². The van der Waals surface area contributed by atoms with Crippen LogP contribution in [0.15, 0.2) is 24.4 Å². The standard InChI is InChI=1S/C13H18N2O/c1-3-9-5-4-6-10-11(7-15-13(9)10)12(8-16)14-2/h4-7,12,14-16H,3,8H2,1-2H3. The molecule has 2 aromatic rings. The Bertz CT molecular complexity index is 472. The Morgan fingerprint density at radius 2 is 2.25 bits per heavy atom. The van der Waals surface area contributed by atoms with E-state index in [0.717, 1.165) is 12.0 Å². The van der Waals surface area contributed by atoms with Gasteiger partial charge in [0.1, 0.15) is 0 Å². The average Bonchev–Trinajstić information content (AvgIpc) is 2.75. The number of aliphatic hydroxyl groups is 1. The number of hydrogen-bond donors (Lipinski definition) is 3. The van der Waals surface area contributed by atoms with Gasteiger partial charge in [0.15, 0.2) is 0 Å². The van der Waals surface area contributed by atoms with Gasteiger partial charge in [-0.05, 0) is 24.6 Å². The van der Waals surface area contributed by atoms with Crippen LogP contribution in [-0.2, 0) is 6.42 Å². The summed E-state index contributed by atoms with van der Waals surface area (Å²) < 4.78 is 0. The monoisotopic (exact) mass is 218 g/mol. The lowest BCUT2D eigenvalue weighted by atomic mass is 10.0. The summed E-state index contributed by atoms with van der Waals surface area (Å²) in [5, 5.41) is 13.6. The Kier molecular flexibility index (Phi) is 3.27. The molecule has 0 aliphatic heterocycles. The van der Waals surface area contributed by atoms with Crippen LogP contribution in [0.25, 0.3) is 10.9 Å². The molecular weight excluding hydrogens is 200 g/mol. The lowest BCUT2D eigenvalue weighted by molar-refractivity contribution is 0.251. The lowest BCUT2D eigenvalue weighted by Crippen LogP contribution is -2.19. The van der Waals surface area contributed by atoms with Gasteiger partial charge in [-0.2, -0.15) is 0 Å². The molecule has 3 nitrogen and oxygen atoms in total. The van der Waals surface area contributed by atoms with E-state index >= 15 is 0 Å². The molecule has 0 amide bonds. The van der Waals surface area contributed by atoms with Crippen LogP contribution in [0.4, 0.5) is 0 Å². The van der Waals surface area contributed by atoms with Crippen LogP contribution in [-0.4, -0.2) is 23.7 Å². The number of rotatable bonds is 4. The molecule has 1 unspecified atom stereocenters. The molecule has 0 spiro atoms. The van der Waals surface area contributed by atoms with Crippen molar-refractivity contribution in [2.24, 2.45) is 0 Å². The minimum Gasteiger partial charge on any atom is -0.394 e. The smallest absolute Gasteiger partial charge is 0.0627 e. The molecule has 3 heteroatoms. The predicted molar refractivity (Wildman–Crippen MR) is 66.6 cm³/mol. The Labute approximate surface area is 95.5 Å². The summed E-state index contributed by atoms with van der Waals surface area (Å²) in [6.07, 6.45) is 3.00. The molecule has 1 aromatic carbocycles. The molecule has 1 atom stereocenters. The fourth-order valence-electron chi connectivity index (χ4n) is 2.17. The summed E-state index contributed by atoms with van der Waals surface area (Å²) in [4.78, 5) is 3.31. The molecule has 0 bridgehead atoms. The van der Waals surface area contributed by atoms with E-state index < -0.39 is 0 Å². The van der Waals surface area contributed by atoms with E-state index in [9.17, 15) is 5.11 Å². The number of aromatic amines is 1. The second-order valence-electron chi connectivity index (χ2n) is 3.96. The van der Waals surface area contributed by atoms with Crippen LogP contribution in [0.3, 0.4) is 0 Å². The molecule has 0 aliphatic carbocycles. The van der Waals surface area contributed by atoms with Crippen molar-refractivity contribution in [3.8, 4) is 0 Å². The van der Waals surface area contributed by atoms with E-state index in [-0.39, 0.29) is 12.6 Å². The first-order valence-electron chi connectivity index (χ1n) is 5.68. The number of fused-ring (bicyclic) bond motifs is 1. The second kappa shape index (κ2) is 4.68. The summed E-state index contributed by atoms with van der Waals surface area (Å²) >= 11 is 0. The van der Waals surface area contributed by atoms with Crippen LogP contribution in [0.1, 0.15) is 24.1 Å². The molecule has 1 heterocycles. The zero-order chi connectivity index (χ0) is 11.5.